The Labute approximate surface area is 242 Å². The fourth-order valence-electron chi connectivity index (χ4n) is 5.35. The van der Waals surface area contributed by atoms with Crippen LogP contribution in [0, 0.1) is 0 Å². The second kappa shape index (κ2) is 12.9. The predicted octanol–water partition coefficient (Wildman–Crippen LogP) is 8.98. The first-order chi connectivity index (χ1) is 19.0. The number of carbonyl (C=O) groups excluding carboxylic acids is 2. The number of hydrogen-bond acceptors (Lipinski definition) is 5. The van der Waals surface area contributed by atoms with Crippen LogP contribution >= 0.6 is 27.3 Å². The van der Waals surface area contributed by atoms with E-state index >= 15 is 0 Å². The smallest absolute Gasteiger partial charge is 0.341 e. The standard InChI is InChI=1S/C32H33BrN2O3S/c1-38-32(37)29-23-15-11-6-4-2-3-5-7-12-16-28(23)39-31(29)35-30(36)25-20-27(21-13-9-8-10-14-21)34-26-18-17-22(33)19-24(25)26/h8-10,13-14,17-20H,2-7,11-12,15-16H2,1H3,(H,35,36). The molecule has 0 bridgehead atoms. The Balaban J connectivity index is 1.56. The molecule has 1 amide bonds. The minimum absolute atomic E-state index is 0.264. The predicted molar refractivity (Wildman–Crippen MR) is 163 cm³/mol. The van der Waals surface area contributed by atoms with Crippen LogP contribution in [-0.4, -0.2) is 24.0 Å². The molecule has 2 heterocycles. The Morgan fingerprint density at radius 1 is 0.897 bits per heavy atom. The van der Waals surface area contributed by atoms with Crippen molar-refractivity contribution in [2.75, 3.05) is 12.4 Å². The van der Waals surface area contributed by atoms with Gasteiger partial charge in [-0.2, -0.15) is 0 Å². The summed E-state index contributed by atoms with van der Waals surface area (Å²) >= 11 is 5.08. The number of nitrogens with one attached hydrogen (secondary N) is 1. The number of nitrogens with zero attached hydrogens (tertiary/aromatic N) is 1. The van der Waals surface area contributed by atoms with Crippen LogP contribution in [0.25, 0.3) is 22.2 Å². The molecule has 0 fully saturated rings. The number of anilines is 1. The normalized spacial score (nSPS) is 14.6. The van der Waals surface area contributed by atoms with E-state index < -0.39 is 0 Å². The molecule has 0 radical (unpaired) electrons. The number of ether oxygens (including phenoxy) is 1. The lowest BCUT2D eigenvalue weighted by atomic mass is 9.97. The lowest BCUT2D eigenvalue weighted by molar-refractivity contribution is 0.0601. The Morgan fingerprint density at radius 2 is 1.59 bits per heavy atom. The maximum Gasteiger partial charge on any atom is 0.341 e. The number of aromatic nitrogens is 1. The molecule has 7 heteroatoms. The van der Waals surface area contributed by atoms with Crippen molar-refractivity contribution in [2.45, 2.75) is 64.2 Å². The van der Waals surface area contributed by atoms with Gasteiger partial charge in [-0.15, -0.1) is 11.3 Å². The van der Waals surface area contributed by atoms with Gasteiger partial charge in [-0.1, -0.05) is 84.8 Å². The van der Waals surface area contributed by atoms with Crippen LogP contribution in [0.15, 0.2) is 59.1 Å². The van der Waals surface area contributed by atoms with Crippen LogP contribution in [0.3, 0.4) is 0 Å². The quantitative estimate of drug-likeness (QED) is 0.236. The van der Waals surface area contributed by atoms with E-state index in [0.717, 1.165) is 64.3 Å². The average Bonchev–Trinajstić information content (AvgIpc) is 3.28. The van der Waals surface area contributed by atoms with E-state index in [9.17, 15) is 9.59 Å². The fourth-order valence-corrected chi connectivity index (χ4v) is 6.98. The van der Waals surface area contributed by atoms with Crippen molar-refractivity contribution < 1.29 is 14.3 Å². The van der Waals surface area contributed by atoms with Gasteiger partial charge in [0.15, 0.2) is 0 Å². The molecule has 0 atom stereocenters. The highest BCUT2D eigenvalue weighted by atomic mass is 79.9. The Bertz CT molecular complexity index is 1480. The van der Waals surface area contributed by atoms with Crippen molar-refractivity contribution in [2.24, 2.45) is 0 Å². The van der Waals surface area contributed by atoms with Crippen LogP contribution in [0.1, 0.15) is 82.5 Å². The average molecular weight is 606 g/mol. The molecule has 1 aliphatic carbocycles. The topological polar surface area (TPSA) is 68.3 Å². The minimum Gasteiger partial charge on any atom is -0.465 e. The molecule has 1 N–H and O–H groups in total. The molecule has 0 unspecified atom stereocenters. The highest BCUT2D eigenvalue weighted by molar-refractivity contribution is 9.10. The van der Waals surface area contributed by atoms with Gasteiger partial charge in [0, 0.05) is 20.3 Å². The van der Waals surface area contributed by atoms with Crippen LogP contribution in [0.5, 0.6) is 0 Å². The Kier molecular flexibility index (Phi) is 9.09. The zero-order valence-corrected chi connectivity index (χ0v) is 24.6. The number of esters is 1. The molecule has 0 saturated carbocycles. The van der Waals surface area contributed by atoms with E-state index in [1.807, 2.05) is 54.6 Å². The Hall–Kier alpha value is -3.03. The van der Waals surface area contributed by atoms with Gasteiger partial charge in [-0.05, 0) is 55.5 Å². The number of pyridine rings is 1. The third-order valence-corrected chi connectivity index (χ3v) is 9.07. The Morgan fingerprint density at radius 3 is 2.31 bits per heavy atom. The van der Waals surface area contributed by atoms with E-state index in [2.05, 4.69) is 21.2 Å². The van der Waals surface area contributed by atoms with Crippen molar-refractivity contribution in [3.8, 4) is 11.3 Å². The number of hydrogen-bond donors (Lipinski definition) is 1. The summed E-state index contributed by atoms with van der Waals surface area (Å²) in [6.45, 7) is 0. The van der Waals surface area contributed by atoms with Crippen LogP contribution in [0.2, 0.25) is 0 Å². The highest BCUT2D eigenvalue weighted by Crippen LogP contribution is 2.38. The molecular weight excluding hydrogens is 572 g/mol. The number of benzene rings is 2. The molecule has 0 aliphatic heterocycles. The number of amides is 1. The van der Waals surface area contributed by atoms with Gasteiger partial charge in [0.1, 0.15) is 5.00 Å². The van der Waals surface area contributed by atoms with Crippen molar-refractivity contribution in [3.05, 3.63) is 80.6 Å². The molecule has 5 rings (SSSR count). The molecule has 4 aromatic rings. The van der Waals surface area contributed by atoms with Gasteiger partial charge in [-0.3, -0.25) is 4.79 Å². The number of methoxy groups -OCH3 is 1. The van der Waals surface area contributed by atoms with E-state index in [-0.39, 0.29) is 11.9 Å². The third-order valence-electron chi connectivity index (χ3n) is 7.37. The van der Waals surface area contributed by atoms with Crippen LogP contribution in [0.4, 0.5) is 5.00 Å². The van der Waals surface area contributed by atoms with Gasteiger partial charge in [0.05, 0.1) is 29.4 Å². The highest BCUT2D eigenvalue weighted by Gasteiger charge is 2.26. The number of fused-ring (bicyclic) bond motifs is 2. The number of thiophene rings is 1. The van der Waals surface area contributed by atoms with E-state index in [1.54, 1.807) is 0 Å². The zero-order chi connectivity index (χ0) is 27.2. The molecule has 0 saturated heterocycles. The largest absolute Gasteiger partial charge is 0.465 e. The van der Waals surface area contributed by atoms with Crippen molar-refractivity contribution >= 4 is 55.0 Å². The summed E-state index contributed by atoms with van der Waals surface area (Å²) < 4.78 is 6.09. The minimum atomic E-state index is -0.387. The SMILES string of the molecule is COC(=O)c1c(NC(=O)c2cc(-c3ccccc3)nc3ccc(Br)cc23)sc2c1CCCCCCCCCC2. The van der Waals surface area contributed by atoms with Gasteiger partial charge in [-0.25, -0.2) is 9.78 Å². The van der Waals surface area contributed by atoms with Crippen LogP contribution < -0.4 is 5.32 Å². The third kappa shape index (κ3) is 6.42. The van der Waals surface area contributed by atoms with Gasteiger partial charge >= 0.3 is 5.97 Å². The zero-order valence-electron chi connectivity index (χ0n) is 22.2. The summed E-state index contributed by atoms with van der Waals surface area (Å²) in [5.41, 5.74) is 4.47. The summed E-state index contributed by atoms with van der Waals surface area (Å²) in [5.74, 6) is -0.651. The number of aryl methyl sites for hydroxylation is 1. The molecule has 2 aromatic carbocycles. The maximum atomic E-state index is 13.9. The second-order valence-corrected chi connectivity index (χ2v) is 12.1. The molecule has 0 spiro atoms. The van der Waals surface area contributed by atoms with Crippen molar-refractivity contribution in [1.82, 2.24) is 4.98 Å². The second-order valence-electron chi connectivity index (χ2n) is 10.1. The van der Waals surface area contributed by atoms with Crippen molar-refractivity contribution in [3.63, 3.8) is 0 Å². The first-order valence-corrected chi connectivity index (χ1v) is 15.4. The summed E-state index contributed by atoms with van der Waals surface area (Å²) in [6, 6.07) is 17.4. The number of carbonyl (C=O) groups is 2. The molecule has 5 nitrogen and oxygen atoms in total. The van der Waals surface area contributed by atoms with E-state index in [0.29, 0.717) is 16.1 Å². The molecule has 1 aliphatic rings. The maximum absolute atomic E-state index is 13.9. The molecule has 2 aromatic heterocycles. The first kappa shape index (κ1) is 27.5. The molecular formula is C32H33BrN2O3S. The lowest BCUT2D eigenvalue weighted by Gasteiger charge is -2.12. The fraction of sp³-hybridized carbons (Fsp3) is 0.344. The van der Waals surface area contributed by atoms with Gasteiger partial charge in [0.2, 0.25) is 0 Å². The summed E-state index contributed by atoms with van der Waals surface area (Å²) in [7, 11) is 1.41. The number of rotatable bonds is 4. The summed E-state index contributed by atoms with van der Waals surface area (Å²) in [5, 5.41) is 4.45. The molecule has 39 heavy (non-hydrogen) atoms. The van der Waals surface area contributed by atoms with Crippen molar-refractivity contribution in [1.29, 1.82) is 0 Å². The molecule has 202 valence electrons. The van der Waals surface area contributed by atoms with Gasteiger partial charge < -0.3 is 10.1 Å². The lowest BCUT2D eigenvalue weighted by Crippen LogP contribution is -2.15. The van der Waals surface area contributed by atoms with Crippen LogP contribution in [-0.2, 0) is 17.6 Å². The summed E-state index contributed by atoms with van der Waals surface area (Å²) in [4.78, 5) is 33.0. The van der Waals surface area contributed by atoms with E-state index in [1.165, 1.54) is 55.4 Å². The first-order valence-electron chi connectivity index (χ1n) is 13.7. The number of halogens is 1. The van der Waals surface area contributed by atoms with Gasteiger partial charge in [0.25, 0.3) is 5.91 Å². The van der Waals surface area contributed by atoms with E-state index in [4.69, 9.17) is 9.72 Å². The monoisotopic (exact) mass is 604 g/mol. The summed E-state index contributed by atoms with van der Waals surface area (Å²) in [6.07, 6.45) is 11.3.